The summed E-state index contributed by atoms with van der Waals surface area (Å²) in [5, 5.41) is 15.4. The number of nitrogens with one attached hydrogen (secondary N) is 2. The van der Waals surface area contributed by atoms with Crippen molar-refractivity contribution in [3.05, 3.63) is 165 Å². The summed E-state index contributed by atoms with van der Waals surface area (Å²) in [7, 11) is 3.10. The summed E-state index contributed by atoms with van der Waals surface area (Å²) in [5.74, 6) is 0.0921. The number of pyridine rings is 2. The lowest BCUT2D eigenvalue weighted by Crippen LogP contribution is -2.27. The maximum atomic E-state index is 13.1. The van der Waals surface area contributed by atoms with Crippen LogP contribution in [0.5, 0.6) is 34.8 Å². The minimum absolute atomic E-state index is 0.0959. The van der Waals surface area contributed by atoms with Gasteiger partial charge in [-0.05, 0) is 106 Å². The number of hydrogen-bond donors (Lipinski definition) is 3. The molecule has 6 aromatic rings. The van der Waals surface area contributed by atoms with Gasteiger partial charge in [-0.15, -0.1) is 0 Å². The van der Waals surface area contributed by atoms with E-state index in [2.05, 4.69) is 20.6 Å². The number of amides is 2. The minimum atomic E-state index is -1.01. The van der Waals surface area contributed by atoms with E-state index in [9.17, 15) is 19.2 Å². The van der Waals surface area contributed by atoms with Crippen LogP contribution < -0.4 is 29.6 Å². The van der Waals surface area contributed by atoms with Crippen molar-refractivity contribution in [1.82, 2.24) is 20.6 Å². The normalized spacial score (nSPS) is 11.7. The summed E-state index contributed by atoms with van der Waals surface area (Å²) in [6.45, 7) is 9.06. The second-order valence-electron chi connectivity index (χ2n) is 15.0. The zero-order valence-corrected chi connectivity index (χ0v) is 37.5. The first kappa shape index (κ1) is 47.9. The predicted molar refractivity (Wildman–Crippen MR) is 241 cm³/mol. The summed E-state index contributed by atoms with van der Waals surface area (Å²) in [5.41, 5.74) is 1.94. The van der Waals surface area contributed by atoms with Crippen LogP contribution in [0.3, 0.4) is 0 Å². The number of carbonyl (C=O) groups excluding carboxylic acids is 3. The van der Waals surface area contributed by atoms with Crippen LogP contribution in [0.2, 0.25) is 10.0 Å². The molecule has 6 rings (SSSR count). The van der Waals surface area contributed by atoms with Crippen LogP contribution in [-0.4, -0.2) is 58.6 Å². The Balaban J connectivity index is 0.000000243. The number of carboxylic acid groups (broad SMARTS) is 1. The quantitative estimate of drug-likeness (QED) is 0.0880. The highest BCUT2D eigenvalue weighted by molar-refractivity contribution is 6.31. The van der Waals surface area contributed by atoms with E-state index in [4.69, 9.17) is 52.0 Å². The Morgan fingerprint density at radius 3 is 1.36 bits per heavy atom. The fourth-order valence-electron chi connectivity index (χ4n) is 5.77. The molecule has 2 amide bonds. The number of nitrogens with zero attached hydrogens (tertiary/aromatic N) is 2. The molecule has 0 bridgehead atoms. The third-order valence-electron chi connectivity index (χ3n) is 9.03. The summed E-state index contributed by atoms with van der Waals surface area (Å²) in [6, 6.07) is 29.3. The number of aromatic nitrogens is 2. The highest BCUT2D eigenvalue weighted by Gasteiger charge is 2.22. The number of ether oxygens (including phenoxy) is 5. The van der Waals surface area contributed by atoms with Crippen LogP contribution in [0, 0.1) is 0 Å². The van der Waals surface area contributed by atoms with Crippen molar-refractivity contribution in [3.8, 4) is 34.8 Å². The first-order chi connectivity index (χ1) is 30.4. The van der Waals surface area contributed by atoms with E-state index in [1.165, 1.54) is 36.7 Å². The number of aromatic carboxylic acids is 1. The zero-order chi connectivity index (χ0) is 46.6. The van der Waals surface area contributed by atoms with Gasteiger partial charge in [0.05, 0.1) is 47.5 Å². The van der Waals surface area contributed by atoms with Crippen molar-refractivity contribution in [2.45, 2.75) is 52.3 Å². The van der Waals surface area contributed by atoms with Crippen LogP contribution in [0.15, 0.2) is 122 Å². The lowest BCUT2D eigenvalue weighted by molar-refractivity contribution is 0.00689. The van der Waals surface area contributed by atoms with Crippen molar-refractivity contribution >= 4 is 47.0 Å². The molecule has 0 aliphatic rings. The third-order valence-corrected chi connectivity index (χ3v) is 9.45. The molecule has 2 aromatic heterocycles. The second-order valence-corrected chi connectivity index (χ2v) is 15.9. The monoisotopic (exact) mass is 908 g/mol. The van der Waals surface area contributed by atoms with E-state index < -0.39 is 29.4 Å². The summed E-state index contributed by atoms with van der Waals surface area (Å²) >= 11 is 12.1. The van der Waals surface area contributed by atoms with Crippen molar-refractivity contribution in [2.24, 2.45) is 0 Å². The average Bonchev–Trinajstić information content (AvgIpc) is 3.27. The van der Waals surface area contributed by atoms with E-state index in [-0.39, 0.29) is 45.6 Å². The van der Waals surface area contributed by atoms with E-state index in [1.54, 1.807) is 106 Å². The molecule has 0 unspecified atom stereocenters. The Bertz CT molecular complexity index is 2600. The summed E-state index contributed by atoms with van der Waals surface area (Å²) in [6.07, 6.45) is 2.80. The van der Waals surface area contributed by atoms with Gasteiger partial charge < -0.3 is 39.4 Å². The maximum absolute atomic E-state index is 13.1. The molecule has 0 saturated heterocycles. The Morgan fingerprint density at radius 2 is 0.984 bits per heavy atom. The van der Waals surface area contributed by atoms with Crippen LogP contribution in [0.25, 0.3) is 0 Å². The molecule has 2 heterocycles. The van der Waals surface area contributed by atoms with E-state index in [0.29, 0.717) is 33.6 Å². The first-order valence-electron chi connectivity index (χ1n) is 19.7. The Labute approximate surface area is 380 Å². The Kier molecular flexibility index (Phi) is 16.3. The number of hydrogen-bond acceptors (Lipinski definition) is 11. The second kappa shape index (κ2) is 21.8. The van der Waals surface area contributed by atoms with Gasteiger partial charge in [0.15, 0.2) is 0 Å². The van der Waals surface area contributed by atoms with Crippen LogP contribution in [0.1, 0.15) is 99.3 Å². The molecule has 0 spiro atoms. The predicted octanol–water partition coefficient (Wildman–Crippen LogP) is 10.7. The maximum Gasteiger partial charge on any atom is 0.338 e. The highest BCUT2D eigenvalue weighted by atomic mass is 35.5. The molecule has 2 atom stereocenters. The largest absolute Gasteiger partial charge is 0.497 e. The molecule has 0 aliphatic heterocycles. The third kappa shape index (κ3) is 13.7. The van der Waals surface area contributed by atoms with E-state index >= 15 is 0 Å². The minimum Gasteiger partial charge on any atom is -0.497 e. The van der Waals surface area contributed by atoms with Gasteiger partial charge in [-0.1, -0.05) is 59.6 Å². The molecule has 332 valence electrons. The van der Waals surface area contributed by atoms with Gasteiger partial charge in [0.1, 0.15) is 39.7 Å². The van der Waals surface area contributed by atoms with Crippen molar-refractivity contribution in [3.63, 3.8) is 0 Å². The SMILES string of the molecule is COc1cccc(Oc2ncc(Cl)cc2C(=O)N[C@@H](C)c2ccc(C(=O)O)cc2)c1.COc1cccc(Oc2ncc(Cl)cc2C(=O)N[C@@H](C)c2ccc(C(=O)OC(C)(C)C)cc2)c1. The lowest BCUT2D eigenvalue weighted by Gasteiger charge is -2.20. The number of halogens is 2. The average molecular weight is 910 g/mol. The topological polar surface area (TPSA) is 184 Å². The van der Waals surface area contributed by atoms with Crippen LogP contribution in [0.4, 0.5) is 0 Å². The first-order valence-corrected chi connectivity index (χ1v) is 20.4. The highest BCUT2D eigenvalue weighted by Crippen LogP contribution is 2.30. The number of carbonyl (C=O) groups is 4. The summed E-state index contributed by atoms with van der Waals surface area (Å²) < 4.78 is 27.4. The van der Waals surface area contributed by atoms with Crippen molar-refractivity contribution < 1.29 is 48.0 Å². The van der Waals surface area contributed by atoms with Gasteiger partial charge in [0.2, 0.25) is 11.8 Å². The lowest BCUT2D eigenvalue weighted by atomic mass is 10.1. The zero-order valence-electron chi connectivity index (χ0n) is 36.0. The molecule has 16 heteroatoms. The van der Waals surface area contributed by atoms with Gasteiger partial charge in [-0.3, -0.25) is 9.59 Å². The molecule has 4 aromatic carbocycles. The number of carboxylic acids is 1. The molecule has 0 saturated carbocycles. The van der Waals surface area contributed by atoms with Crippen molar-refractivity contribution in [1.29, 1.82) is 0 Å². The smallest absolute Gasteiger partial charge is 0.338 e. The summed E-state index contributed by atoms with van der Waals surface area (Å²) in [4.78, 5) is 57.5. The van der Waals surface area contributed by atoms with Gasteiger partial charge in [-0.25, -0.2) is 19.6 Å². The van der Waals surface area contributed by atoms with Gasteiger partial charge in [0.25, 0.3) is 11.8 Å². The molecule has 3 N–H and O–H groups in total. The van der Waals surface area contributed by atoms with Gasteiger partial charge >= 0.3 is 11.9 Å². The van der Waals surface area contributed by atoms with Gasteiger partial charge in [0, 0.05) is 24.5 Å². The molecule has 0 aliphatic carbocycles. The van der Waals surface area contributed by atoms with Crippen LogP contribution in [-0.2, 0) is 4.74 Å². The Hall–Kier alpha value is -7.16. The molecular formula is C48H46Cl2N4O10. The number of rotatable bonds is 14. The molecule has 64 heavy (non-hydrogen) atoms. The van der Waals surface area contributed by atoms with Gasteiger partial charge in [-0.2, -0.15) is 0 Å². The molecule has 0 fully saturated rings. The molecule has 0 radical (unpaired) electrons. The molecular weight excluding hydrogens is 863 g/mol. The van der Waals surface area contributed by atoms with Crippen LogP contribution >= 0.6 is 23.2 Å². The fraction of sp³-hybridized carbons (Fsp3) is 0.208. The van der Waals surface area contributed by atoms with E-state index in [0.717, 1.165) is 11.1 Å². The van der Waals surface area contributed by atoms with E-state index in [1.807, 2.05) is 27.7 Å². The Morgan fingerprint density at radius 1 is 0.594 bits per heavy atom. The van der Waals surface area contributed by atoms with Crippen molar-refractivity contribution in [2.75, 3.05) is 14.2 Å². The molecule has 14 nitrogen and oxygen atoms in total. The number of benzene rings is 4. The number of esters is 1. The number of methoxy groups -OCH3 is 2. The standard InChI is InChI=1S/C26H27ClN2O5.C22H19ClN2O5/c1-16(17-9-11-18(12-10-17)25(31)34-26(2,3)4)29-23(30)22-13-19(27)15-28-24(22)33-21-8-6-7-20(14-21)32-5;1-13(14-6-8-15(9-7-14)22(27)28)25-20(26)19-10-16(23)12-24-21(19)30-18-5-3-4-17(11-18)29-2/h6-16H,1-5H3,(H,29,30);3-13H,1-2H3,(H,25,26)(H,27,28)/t16-;13-/m00/s1. The fourth-order valence-corrected chi connectivity index (χ4v) is 6.08.